The van der Waals surface area contributed by atoms with Gasteiger partial charge in [-0.05, 0) is 43.2 Å². The first-order valence-corrected chi connectivity index (χ1v) is 10.2. The number of benzene rings is 2. The van der Waals surface area contributed by atoms with Gasteiger partial charge in [-0.2, -0.15) is 0 Å². The highest BCUT2D eigenvalue weighted by molar-refractivity contribution is 8.00. The molecule has 0 spiro atoms. The summed E-state index contributed by atoms with van der Waals surface area (Å²) in [5, 5.41) is 3.50. The number of aromatic nitrogens is 2. The third-order valence-corrected chi connectivity index (χ3v) is 5.54. The van der Waals surface area contributed by atoms with E-state index in [0.717, 1.165) is 34.3 Å². The Morgan fingerprint density at radius 3 is 2.62 bits per heavy atom. The molecule has 152 valence electrons. The maximum atomic E-state index is 12.5. The van der Waals surface area contributed by atoms with E-state index in [9.17, 15) is 4.79 Å². The Labute approximate surface area is 175 Å². The number of hydrogen-bond acceptors (Lipinski definition) is 5. The molecular weight excluding hydrogens is 386 g/mol. The molecule has 29 heavy (non-hydrogen) atoms. The van der Waals surface area contributed by atoms with Crippen LogP contribution in [-0.4, -0.2) is 41.5 Å². The fourth-order valence-corrected chi connectivity index (χ4v) is 3.72. The van der Waals surface area contributed by atoms with Crippen LogP contribution >= 0.6 is 11.8 Å². The Bertz CT molecular complexity index is 940. The molecule has 0 aliphatic heterocycles. The van der Waals surface area contributed by atoms with E-state index < -0.39 is 0 Å². The maximum absolute atomic E-state index is 12.5. The van der Waals surface area contributed by atoms with Crippen molar-refractivity contribution >= 4 is 17.7 Å². The lowest BCUT2D eigenvalue weighted by Gasteiger charge is -2.13. The van der Waals surface area contributed by atoms with Gasteiger partial charge >= 0.3 is 0 Å². The Balaban J connectivity index is 1.55. The number of ether oxygens (including phenoxy) is 2. The van der Waals surface area contributed by atoms with E-state index in [1.807, 2.05) is 66.2 Å². The Kier molecular flexibility index (Phi) is 7.19. The van der Waals surface area contributed by atoms with Crippen molar-refractivity contribution in [3.8, 4) is 17.2 Å². The van der Waals surface area contributed by atoms with E-state index in [4.69, 9.17) is 9.47 Å². The van der Waals surface area contributed by atoms with Crippen molar-refractivity contribution in [2.24, 2.45) is 0 Å². The van der Waals surface area contributed by atoms with Gasteiger partial charge in [0.1, 0.15) is 11.5 Å². The standard InChI is InChI=1S/C22H25N3O3S/c1-16(21(26)23-12-11-17-7-9-19(27-2)10-8-17)29-22-24-13-14-25(22)18-5-4-6-20(15-18)28-3/h4-10,13-16H,11-12H2,1-3H3,(H,23,26). The van der Waals surface area contributed by atoms with Gasteiger partial charge in [0.15, 0.2) is 5.16 Å². The predicted octanol–water partition coefficient (Wildman–Crippen LogP) is 3.73. The van der Waals surface area contributed by atoms with E-state index in [-0.39, 0.29) is 11.2 Å². The predicted molar refractivity (Wildman–Crippen MR) is 115 cm³/mol. The number of rotatable bonds is 9. The van der Waals surface area contributed by atoms with E-state index in [1.54, 1.807) is 20.4 Å². The zero-order valence-electron chi connectivity index (χ0n) is 16.8. The Morgan fingerprint density at radius 1 is 1.14 bits per heavy atom. The van der Waals surface area contributed by atoms with Crippen LogP contribution in [0.15, 0.2) is 66.1 Å². The second kappa shape index (κ2) is 10.0. The van der Waals surface area contributed by atoms with Crippen LogP contribution < -0.4 is 14.8 Å². The minimum atomic E-state index is -0.266. The second-order valence-corrected chi connectivity index (χ2v) is 7.74. The van der Waals surface area contributed by atoms with Crippen LogP contribution in [0.2, 0.25) is 0 Å². The maximum Gasteiger partial charge on any atom is 0.233 e. The van der Waals surface area contributed by atoms with Crippen molar-refractivity contribution < 1.29 is 14.3 Å². The molecule has 7 heteroatoms. The molecule has 1 atom stereocenters. The Morgan fingerprint density at radius 2 is 1.90 bits per heavy atom. The van der Waals surface area contributed by atoms with Crippen molar-refractivity contribution in [2.45, 2.75) is 23.8 Å². The molecule has 1 amide bonds. The zero-order chi connectivity index (χ0) is 20.6. The third kappa shape index (κ3) is 5.54. The lowest BCUT2D eigenvalue weighted by Crippen LogP contribution is -2.32. The van der Waals surface area contributed by atoms with Gasteiger partial charge in [0.05, 0.1) is 25.2 Å². The minimum Gasteiger partial charge on any atom is -0.497 e. The summed E-state index contributed by atoms with van der Waals surface area (Å²) < 4.78 is 12.4. The summed E-state index contributed by atoms with van der Waals surface area (Å²) >= 11 is 1.43. The fraction of sp³-hybridized carbons (Fsp3) is 0.273. The molecule has 0 aliphatic rings. The highest BCUT2D eigenvalue weighted by atomic mass is 32.2. The largest absolute Gasteiger partial charge is 0.497 e. The number of methoxy groups -OCH3 is 2. The van der Waals surface area contributed by atoms with Gasteiger partial charge in [-0.25, -0.2) is 4.98 Å². The first kappa shape index (κ1) is 20.8. The number of amides is 1. The quantitative estimate of drug-likeness (QED) is 0.544. The van der Waals surface area contributed by atoms with Crippen molar-refractivity contribution in [3.63, 3.8) is 0 Å². The highest BCUT2D eigenvalue weighted by Gasteiger charge is 2.17. The third-order valence-electron chi connectivity index (χ3n) is 4.46. The van der Waals surface area contributed by atoms with Crippen LogP contribution in [0.25, 0.3) is 5.69 Å². The van der Waals surface area contributed by atoms with Gasteiger partial charge in [0.25, 0.3) is 0 Å². The first-order valence-electron chi connectivity index (χ1n) is 9.36. The molecule has 3 aromatic rings. The average Bonchev–Trinajstić information content (AvgIpc) is 3.22. The van der Waals surface area contributed by atoms with Crippen LogP contribution in [0.1, 0.15) is 12.5 Å². The van der Waals surface area contributed by atoms with Gasteiger partial charge in [-0.15, -0.1) is 0 Å². The van der Waals surface area contributed by atoms with Crippen LogP contribution in [0.5, 0.6) is 11.5 Å². The molecule has 1 aromatic heterocycles. The van der Waals surface area contributed by atoms with E-state index in [2.05, 4.69) is 10.3 Å². The molecular formula is C22H25N3O3S. The molecule has 0 saturated carbocycles. The van der Waals surface area contributed by atoms with Crippen LogP contribution in [-0.2, 0) is 11.2 Å². The lowest BCUT2D eigenvalue weighted by atomic mass is 10.1. The summed E-state index contributed by atoms with van der Waals surface area (Å²) in [5.74, 6) is 1.59. The van der Waals surface area contributed by atoms with Gasteiger partial charge in [-0.1, -0.05) is 30.0 Å². The number of nitrogens with one attached hydrogen (secondary N) is 1. The molecule has 2 aromatic carbocycles. The number of thioether (sulfide) groups is 1. The topological polar surface area (TPSA) is 65.4 Å². The Hall–Kier alpha value is -2.93. The summed E-state index contributed by atoms with van der Waals surface area (Å²) in [6.07, 6.45) is 4.38. The lowest BCUT2D eigenvalue weighted by molar-refractivity contribution is -0.120. The molecule has 0 radical (unpaired) electrons. The van der Waals surface area contributed by atoms with Gasteiger partial charge in [0, 0.05) is 25.0 Å². The van der Waals surface area contributed by atoms with Crippen molar-refractivity contribution in [3.05, 3.63) is 66.5 Å². The van der Waals surface area contributed by atoms with Gasteiger partial charge in [-0.3, -0.25) is 9.36 Å². The molecule has 6 nitrogen and oxygen atoms in total. The molecule has 1 unspecified atom stereocenters. The molecule has 0 fully saturated rings. The molecule has 0 saturated heterocycles. The summed E-state index contributed by atoms with van der Waals surface area (Å²) in [5.41, 5.74) is 2.09. The number of carbonyl (C=O) groups excluding carboxylic acids is 1. The SMILES string of the molecule is COc1ccc(CCNC(=O)C(C)Sc2nccn2-c2cccc(OC)c2)cc1. The monoisotopic (exact) mass is 411 g/mol. The van der Waals surface area contributed by atoms with Crippen molar-refractivity contribution in [2.75, 3.05) is 20.8 Å². The number of imidazole rings is 1. The minimum absolute atomic E-state index is 0.0105. The summed E-state index contributed by atoms with van der Waals surface area (Å²) in [4.78, 5) is 16.9. The normalized spacial score (nSPS) is 11.7. The summed E-state index contributed by atoms with van der Waals surface area (Å²) in [7, 11) is 3.29. The van der Waals surface area contributed by atoms with Crippen molar-refractivity contribution in [1.29, 1.82) is 0 Å². The highest BCUT2D eigenvalue weighted by Crippen LogP contribution is 2.26. The number of carbonyl (C=O) groups is 1. The second-order valence-electron chi connectivity index (χ2n) is 6.43. The van der Waals surface area contributed by atoms with Crippen LogP contribution in [0.3, 0.4) is 0 Å². The molecule has 1 heterocycles. The summed E-state index contributed by atoms with van der Waals surface area (Å²) in [6.45, 7) is 2.47. The smallest absolute Gasteiger partial charge is 0.233 e. The van der Waals surface area contributed by atoms with E-state index in [0.29, 0.717) is 6.54 Å². The van der Waals surface area contributed by atoms with E-state index in [1.165, 1.54) is 11.8 Å². The van der Waals surface area contributed by atoms with Crippen LogP contribution in [0, 0.1) is 0 Å². The summed E-state index contributed by atoms with van der Waals surface area (Å²) in [6, 6.07) is 15.6. The average molecular weight is 412 g/mol. The zero-order valence-corrected chi connectivity index (χ0v) is 17.6. The molecule has 0 bridgehead atoms. The van der Waals surface area contributed by atoms with E-state index >= 15 is 0 Å². The van der Waals surface area contributed by atoms with Gasteiger partial charge in [0.2, 0.25) is 5.91 Å². The van der Waals surface area contributed by atoms with Crippen molar-refractivity contribution in [1.82, 2.24) is 14.9 Å². The molecule has 3 rings (SSSR count). The fourth-order valence-electron chi connectivity index (χ4n) is 2.81. The molecule has 0 aliphatic carbocycles. The van der Waals surface area contributed by atoms with Gasteiger partial charge < -0.3 is 14.8 Å². The van der Waals surface area contributed by atoms with Crippen LogP contribution in [0.4, 0.5) is 0 Å². The first-order chi connectivity index (χ1) is 14.1. The number of nitrogens with zero attached hydrogens (tertiary/aromatic N) is 2. The number of hydrogen-bond donors (Lipinski definition) is 1. The molecule has 1 N–H and O–H groups in total.